The van der Waals surface area contributed by atoms with E-state index in [1.54, 1.807) is 69.0 Å². The number of nitrogens with zero attached hydrogens (tertiary/aromatic N) is 15. The van der Waals surface area contributed by atoms with Crippen molar-refractivity contribution < 1.29 is 51.8 Å². The van der Waals surface area contributed by atoms with E-state index in [-0.39, 0.29) is 34.4 Å². The van der Waals surface area contributed by atoms with Gasteiger partial charge in [0.05, 0.1) is 168 Å². The molecule has 706 valence electrons. The zero-order chi connectivity index (χ0) is 94.3. The number of anilines is 4. The normalized spacial score (nSPS) is 15.2. The SMILES string of the molecule is COc1ccc(C(C)(C)C)cc1C(=O)Nc1cn[nH]c1-c1nc2ccc(CN3CCOCC3)cc2[nH]1.Cc1nc2cccc(C(=O)Nc3cn[nH]c3-c3nc4ccc(CN5CCOCC5)cc4[nH]3)c2o1.O=C(Nc1cn[nH]c1-c1nc2ccc(CN3CCOCC3)cc2[nH]1)c1n[nH]c(=O)c2ccccc12.O=C(Nc1cn[nH]c1-c1nc2ccc(CN3CCOCC3)cc2[nH]1)c1noc2c1CCCC2. The van der Waals surface area contributed by atoms with Crippen molar-refractivity contribution in [2.75, 3.05) is 134 Å². The molecule has 18 aromatic rings. The van der Waals surface area contributed by atoms with Crippen molar-refractivity contribution in [2.24, 2.45) is 0 Å². The molecule has 40 heteroatoms. The Morgan fingerprint density at radius 2 is 0.819 bits per heavy atom. The van der Waals surface area contributed by atoms with Crippen LogP contribution in [0.5, 0.6) is 5.75 Å². The maximum absolute atomic E-state index is 13.3. The van der Waals surface area contributed by atoms with Crippen LogP contribution < -0.4 is 31.6 Å². The summed E-state index contributed by atoms with van der Waals surface area (Å²) in [6, 6.07) is 42.7. The molecule has 15 heterocycles. The minimum Gasteiger partial charge on any atom is -0.496 e. The van der Waals surface area contributed by atoms with Crippen molar-refractivity contribution >= 4 is 112 Å². The number of carbonyl (C=O) groups excluding carboxylic acids is 4. The molecular formula is C98H102N28O12. The average molecular weight is 1860 g/mol. The molecule has 1 aliphatic carbocycles. The van der Waals surface area contributed by atoms with Gasteiger partial charge in [-0.25, -0.2) is 30.0 Å². The van der Waals surface area contributed by atoms with Crippen LogP contribution in [-0.4, -0.2) is 257 Å². The summed E-state index contributed by atoms with van der Waals surface area (Å²) in [5, 5.41) is 51.1. The third-order valence-electron chi connectivity index (χ3n) is 24.9. The number of benzene rings is 7. The number of morpholine rings is 4. The van der Waals surface area contributed by atoms with E-state index in [0.29, 0.717) is 119 Å². The Morgan fingerprint density at radius 1 is 0.420 bits per heavy atom. The summed E-state index contributed by atoms with van der Waals surface area (Å²) >= 11 is 0. The maximum atomic E-state index is 13.3. The van der Waals surface area contributed by atoms with Crippen LogP contribution in [0.15, 0.2) is 172 Å². The molecule has 138 heavy (non-hydrogen) atoms. The van der Waals surface area contributed by atoms with Gasteiger partial charge in [-0.15, -0.1) is 0 Å². The van der Waals surface area contributed by atoms with Gasteiger partial charge in [-0.3, -0.25) is 64.0 Å². The number of H-pyrrole nitrogens is 9. The lowest BCUT2D eigenvalue weighted by molar-refractivity contribution is 0.0341. The number of fused-ring (bicyclic) bond motifs is 7. The Kier molecular flexibility index (Phi) is 26.3. The zero-order valence-electron chi connectivity index (χ0n) is 76.6. The molecule has 4 saturated heterocycles. The highest BCUT2D eigenvalue weighted by atomic mass is 16.5. The molecule has 40 nitrogen and oxygen atoms in total. The molecular weight excluding hydrogens is 1760 g/mol. The Bertz CT molecular complexity index is 7520. The predicted molar refractivity (Wildman–Crippen MR) is 517 cm³/mol. The molecule has 5 aliphatic rings. The van der Waals surface area contributed by atoms with Gasteiger partial charge in [0.15, 0.2) is 46.2 Å². The summed E-state index contributed by atoms with van der Waals surface area (Å²) in [7, 11) is 1.56. The van der Waals surface area contributed by atoms with Gasteiger partial charge in [-0.05, 0) is 131 Å². The lowest BCUT2D eigenvalue weighted by Gasteiger charge is -2.26. The van der Waals surface area contributed by atoms with Crippen LogP contribution in [0.4, 0.5) is 22.7 Å². The van der Waals surface area contributed by atoms with Crippen molar-refractivity contribution in [1.29, 1.82) is 0 Å². The van der Waals surface area contributed by atoms with E-state index in [0.717, 1.165) is 218 Å². The van der Waals surface area contributed by atoms with Gasteiger partial charge in [0.25, 0.3) is 29.2 Å². The molecule has 23 rings (SSSR count). The number of aromatic amines is 9. The van der Waals surface area contributed by atoms with Gasteiger partial charge in [0.2, 0.25) is 0 Å². The summed E-state index contributed by atoms with van der Waals surface area (Å²) in [6.07, 6.45) is 10.00. The number of hydrogen-bond acceptors (Lipinski definition) is 27. The summed E-state index contributed by atoms with van der Waals surface area (Å²) in [6.45, 7) is 25.2. The Balaban J connectivity index is 0.000000113. The maximum Gasteiger partial charge on any atom is 0.278 e. The first-order valence-electron chi connectivity index (χ1n) is 45.9. The van der Waals surface area contributed by atoms with Crippen LogP contribution in [0.1, 0.15) is 120 Å². The smallest absolute Gasteiger partial charge is 0.278 e. The summed E-state index contributed by atoms with van der Waals surface area (Å²) in [4.78, 5) is 110. The first-order chi connectivity index (χ1) is 67.3. The standard InChI is InChI=1S/C27H32N6O3.C24H22N8O3.C24H23N7O3.C23H25N7O3/c1-27(2,3)18-6-8-23(35-4)19(14-18)26(34)31-22-15-28-32-24(22)25-29-20-7-5-17(13-21(20)30-25)16-33-9-11-36-12-10-33;33-23-16-4-2-1-3-15(16)20(30-31-23)24(34)28-19-12-25-29-21(19)22-26-17-6-5-14(11-18(17)27-22)13-32-7-9-35-10-8-32;1-14-26-18-4-2-3-16(22(18)34-14)24(32)29-20-12-25-30-21(20)23-27-17-6-5-15(11-19(17)28-23)13-31-7-9-33-10-8-31;31-23(20-15-3-1-2-4-19(15)33-29-20)27-18-12-24-28-21(18)22-25-16-6-5-14(11-17(16)26-22)13-30-7-9-32-10-8-30/h5-8,13-15H,9-12,16H2,1-4H3,(H,28,32)(H,29,30)(H,31,34);1-6,11-12H,7-10,13H2,(H,25,29)(H,26,27)(H,28,34)(H,31,33);2-6,11-12H,7-10,13H2,1H3,(H,25,30)(H,27,28)(H,29,32);5-6,11-12H,1-4,7-10,13H2,(H,24,28)(H,25,26)(H,27,31). The minimum atomic E-state index is -0.469. The molecule has 0 unspecified atom stereocenters. The fourth-order valence-corrected chi connectivity index (χ4v) is 17.6. The topological polar surface area (TPSA) is 503 Å². The highest BCUT2D eigenvalue weighted by molar-refractivity contribution is 6.13. The van der Waals surface area contributed by atoms with Crippen molar-refractivity contribution in [3.05, 3.63) is 236 Å². The average Bonchev–Trinajstić information content (AvgIpc) is 1.73. The Hall–Kier alpha value is -15.6. The molecule has 0 radical (unpaired) electrons. The molecule has 7 aromatic carbocycles. The highest BCUT2D eigenvalue weighted by Gasteiger charge is 2.30. The number of imidazole rings is 4. The van der Waals surface area contributed by atoms with E-state index in [4.69, 9.17) is 47.6 Å². The fraction of sp³-hybridized carbons (Fsp3) is 0.306. The largest absolute Gasteiger partial charge is 0.496 e. The van der Waals surface area contributed by atoms with Crippen molar-refractivity contribution in [2.45, 2.75) is 85.0 Å². The number of carbonyl (C=O) groups is 4. The number of methoxy groups -OCH3 is 1. The van der Waals surface area contributed by atoms with E-state index in [1.165, 1.54) is 28.5 Å². The molecule has 0 saturated carbocycles. The predicted octanol–water partition coefficient (Wildman–Crippen LogP) is 13.0. The number of hydrogen-bond donors (Lipinski definition) is 13. The molecule has 0 bridgehead atoms. The second-order valence-electron chi connectivity index (χ2n) is 35.4. The van der Waals surface area contributed by atoms with Crippen LogP contribution in [0.3, 0.4) is 0 Å². The number of oxazole rings is 1. The van der Waals surface area contributed by atoms with Gasteiger partial charge in [-0.2, -0.15) is 25.5 Å². The highest BCUT2D eigenvalue weighted by Crippen LogP contribution is 2.36. The minimum absolute atomic E-state index is 0.100. The first-order valence-corrected chi connectivity index (χ1v) is 45.9. The number of ether oxygens (including phenoxy) is 5. The van der Waals surface area contributed by atoms with E-state index < -0.39 is 5.91 Å². The molecule has 0 spiro atoms. The van der Waals surface area contributed by atoms with Crippen LogP contribution in [0.2, 0.25) is 0 Å². The molecule has 4 aliphatic heterocycles. The number of para-hydroxylation sites is 1. The third kappa shape index (κ3) is 20.2. The second kappa shape index (κ2) is 40.2. The van der Waals surface area contributed by atoms with Crippen LogP contribution >= 0.6 is 0 Å². The van der Waals surface area contributed by atoms with Crippen LogP contribution in [-0.2, 0) is 63.4 Å². The lowest BCUT2D eigenvalue weighted by Crippen LogP contribution is -2.35. The fourth-order valence-electron chi connectivity index (χ4n) is 17.6. The van der Waals surface area contributed by atoms with Gasteiger partial charge in [0.1, 0.15) is 39.8 Å². The molecule has 11 aromatic heterocycles. The zero-order valence-corrected chi connectivity index (χ0v) is 76.6. The molecule has 4 fully saturated rings. The lowest BCUT2D eigenvalue weighted by atomic mass is 9.86. The second-order valence-corrected chi connectivity index (χ2v) is 35.4. The quantitative estimate of drug-likeness (QED) is 0.0318. The van der Waals surface area contributed by atoms with E-state index >= 15 is 0 Å². The Labute approximate surface area is 787 Å². The van der Waals surface area contributed by atoms with E-state index in [1.807, 2.05) is 48.5 Å². The first kappa shape index (κ1) is 90.3. The van der Waals surface area contributed by atoms with Crippen molar-refractivity contribution in [3.63, 3.8) is 0 Å². The number of aryl methyl sites for hydroxylation is 2. The summed E-state index contributed by atoms with van der Waals surface area (Å²) < 4.78 is 38.2. The van der Waals surface area contributed by atoms with Gasteiger partial charge < -0.3 is 73.8 Å². The van der Waals surface area contributed by atoms with Crippen molar-refractivity contribution in [1.82, 2.24) is 121 Å². The summed E-state index contributed by atoms with van der Waals surface area (Å²) in [5.74, 6) is 2.87. The van der Waals surface area contributed by atoms with Gasteiger partial charge >= 0.3 is 0 Å². The molecule has 13 N–H and O–H groups in total. The van der Waals surface area contributed by atoms with Gasteiger partial charge in [-0.1, -0.05) is 80.5 Å². The number of aromatic nitrogens is 20. The third-order valence-corrected chi connectivity index (χ3v) is 24.9. The van der Waals surface area contributed by atoms with E-state index in [9.17, 15) is 24.0 Å². The molecule has 4 amide bonds. The monoisotopic (exact) mass is 1860 g/mol. The van der Waals surface area contributed by atoms with Crippen molar-refractivity contribution in [3.8, 4) is 51.8 Å². The molecule has 0 atom stereocenters. The van der Waals surface area contributed by atoms with Crippen LogP contribution in [0.25, 0.3) is 112 Å². The van der Waals surface area contributed by atoms with E-state index in [2.05, 4.69) is 196 Å². The number of nitrogens with one attached hydrogen (secondary N) is 13. The number of rotatable bonds is 21. The summed E-state index contributed by atoms with van der Waals surface area (Å²) in [5.41, 5.74) is 20.2. The van der Waals surface area contributed by atoms with Crippen LogP contribution in [0, 0.1) is 6.92 Å². The number of amides is 4. The van der Waals surface area contributed by atoms with Gasteiger partial charge in [0, 0.05) is 103 Å². The Morgan fingerprint density at radius 3 is 1.24 bits per heavy atom.